The zero-order valence-corrected chi connectivity index (χ0v) is 14.4. The van der Waals surface area contributed by atoms with E-state index in [9.17, 15) is 18.0 Å². The molecule has 0 saturated carbocycles. The van der Waals surface area contributed by atoms with E-state index in [1.54, 1.807) is 49.4 Å². The molecule has 0 aliphatic rings. The maximum atomic E-state index is 13.0. The number of rotatable bonds is 7. The number of benzene rings is 2. The summed E-state index contributed by atoms with van der Waals surface area (Å²) in [5.41, 5.74) is 6.87. The lowest BCUT2D eigenvalue weighted by Gasteiger charge is -2.25. The van der Waals surface area contributed by atoms with E-state index >= 15 is 0 Å². The van der Waals surface area contributed by atoms with Crippen molar-refractivity contribution in [2.45, 2.75) is 19.6 Å². The number of carbonyl (C=O) groups is 1. The van der Waals surface area contributed by atoms with Gasteiger partial charge in [0.15, 0.2) is 0 Å². The van der Waals surface area contributed by atoms with E-state index in [0.29, 0.717) is 5.56 Å². The zero-order chi connectivity index (χ0) is 19.2. The summed E-state index contributed by atoms with van der Waals surface area (Å²) in [6.07, 6.45) is -4.51. The van der Waals surface area contributed by atoms with Gasteiger partial charge in [-0.05, 0) is 24.6 Å². The average Bonchev–Trinajstić information content (AvgIpc) is 2.59. The standard InChI is InChI=1S/C19H21F3N2O2/c1-14-7-8-17(26-10-9-23)16(11-14)18(25)24(13-19(20,21)22)12-15-5-3-2-4-6-15/h2-8,11H,9-10,12-13,23H2,1H3. The number of ether oxygens (including phenoxy) is 1. The highest BCUT2D eigenvalue weighted by molar-refractivity contribution is 5.97. The molecule has 2 rings (SSSR count). The summed E-state index contributed by atoms with van der Waals surface area (Å²) in [4.78, 5) is 13.7. The molecular weight excluding hydrogens is 345 g/mol. The minimum absolute atomic E-state index is 0.0960. The molecule has 0 aliphatic heterocycles. The molecule has 0 saturated heterocycles. The first-order valence-electron chi connectivity index (χ1n) is 8.13. The number of nitrogens with zero attached hydrogens (tertiary/aromatic N) is 1. The summed E-state index contributed by atoms with van der Waals surface area (Å²) >= 11 is 0. The number of carbonyl (C=O) groups excluding carboxylic acids is 1. The molecule has 0 atom stereocenters. The third-order valence-corrected chi connectivity index (χ3v) is 3.61. The summed E-state index contributed by atoms with van der Waals surface area (Å²) in [6.45, 7) is 0.669. The van der Waals surface area contributed by atoms with Gasteiger partial charge in [-0.25, -0.2) is 0 Å². The average molecular weight is 366 g/mol. The van der Waals surface area contributed by atoms with E-state index in [4.69, 9.17) is 10.5 Å². The maximum absolute atomic E-state index is 13.0. The summed E-state index contributed by atoms with van der Waals surface area (Å²) < 4.78 is 44.5. The molecule has 0 aliphatic carbocycles. The Bertz CT molecular complexity index is 733. The van der Waals surface area contributed by atoms with Crippen LogP contribution in [0.15, 0.2) is 48.5 Å². The molecular formula is C19H21F3N2O2. The van der Waals surface area contributed by atoms with Gasteiger partial charge in [-0.3, -0.25) is 4.79 Å². The molecule has 0 fully saturated rings. The maximum Gasteiger partial charge on any atom is 0.406 e. The Labute approximate surface area is 150 Å². The van der Waals surface area contributed by atoms with Gasteiger partial charge in [-0.1, -0.05) is 42.0 Å². The van der Waals surface area contributed by atoms with Crippen LogP contribution < -0.4 is 10.5 Å². The monoisotopic (exact) mass is 366 g/mol. The van der Waals surface area contributed by atoms with Crippen LogP contribution in [0.5, 0.6) is 5.75 Å². The topological polar surface area (TPSA) is 55.6 Å². The van der Waals surface area contributed by atoms with Crippen molar-refractivity contribution in [1.82, 2.24) is 4.90 Å². The molecule has 0 spiro atoms. The molecule has 2 aromatic carbocycles. The quantitative estimate of drug-likeness (QED) is 0.816. The number of alkyl halides is 3. The Kier molecular flexibility index (Phi) is 6.63. The van der Waals surface area contributed by atoms with E-state index in [2.05, 4.69) is 0 Å². The first kappa shape index (κ1) is 19.8. The molecule has 0 heterocycles. The zero-order valence-electron chi connectivity index (χ0n) is 14.4. The van der Waals surface area contributed by atoms with E-state index in [-0.39, 0.29) is 31.0 Å². The highest BCUT2D eigenvalue weighted by Gasteiger charge is 2.34. The van der Waals surface area contributed by atoms with Gasteiger partial charge >= 0.3 is 6.18 Å². The normalized spacial score (nSPS) is 11.3. The number of hydrogen-bond acceptors (Lipinski definition) is 3. The number of hydrogen-bond donors (Lipinski definition) is 1. The van der Waals surface area contributed by atoms with Gasteiger partial charge in [-0.2, -0.15) is 13.2 Å². The number of aryl methyl sites for hydroxylation is 1. The van der Waals surface area contributed by atoms with Crippen molar-refractivity contribution in [3.05, 3.63) is 65.2 Å². The minimum atomic E-state index is -4.51. The molecule has 1 amide bonds. The fourth-order valence-electron chi connectivity index (χ4n) is 2.50. The largest absolute Gasteiger partial charge is 0.491 e. The first-order valence-corrected chi connectivity index (χ1v) is 8.13. The Morgan fingerprint density at radius 3 is 2.46 bits per heavy atom. The molecule has 0 aromatic heterocycles. The van der Waals surface area contributed by atoms with Crippen LogP contribution >= 0.6 is 0 Å². The van der Waals surface area contributed by atoms with Crippen molar-refractivity contribution in [3.63, 3.8) is 0 Å². The van der Waals surface area contributed by atoms with Crippen molar-refractivity contribution >= 4 is 5.91 Å². The predicted molar refractivity (Wildman–Crippen MR) is 93.0 cm³/mol. The third kappa shape index (κ3) is 5.77. The van der Waals surface area contributed by atoms with Crippen LogP contribution in [0, 0.1) is 6.92 Å². The van der Waals surface area contributed by atoms with Crippen LogP contribution in [0.3, 0.4) is 0 Å². The number of halogens is 3. The lowest BCUT2D eigenvalue weighted by Crippen LogP contribution is -2.38. The van der Waals surface area contributed by atoms with Crippen LogP contribution in [0.25, 0.3) is 0 Å². The Morgan fingerprint density at radius 2 is 1.85 bits per heavy atom. The summed E-state index contributed by atoms with van der Waals surface area (Å²) in [5.74, 6) is -0.506. The molecule has 0 unspecified atom stereocenters. The first-order chi connectivity index (χ1) is 12.3. The molecule has 140 valence electrons. The predicted octanol–water partition coefficient (Wildman–Crippen LogP) is 3.54. The van der Waals surface area contributed by atoms with Crippen molar-refractivity contribution in [2.24, 2.45) is 5.73 Å². The lowest BCUT2D eigenvalue weighted by atomic mass is 10.1. The van der Waals surface area contributed by atoms with E-state index in [1.807, 2.05) is 0 Å². The van der Waals surface area contributed by atoms with E-state index in [0.717, 1.165) is 10.5 Å². The molecule has 0 radical (unpaired) electrons. The third-order valence-electron chi connectivity index (χ3n) is 3.61. The fourth-order valence-corrected chi connectivity index (χ4v) is 2.50. The second-order valence-corrected chi connectivity index (χ2v) is 5.90. The van der Waals surface area contributed by atoms with Crippen LogP contribution in [0.2, 0.25) is 0 Å². The molecule has 4 nitrogen and oxygen atoms in total. The number of amides is 1. The van der Waals surface area contributed by atoms with Gasteiger partial charge < -0.3 is 15.4 Å². The SMILES string of the molecule is Cc1ccc(OCCN)c(C(=O)N(Cc2ccccc2)CC(F)(F)F)c1. The van der Waals surface area contributed by atoms with Crippen molar-refractivity contribution < 1.29 is 22.7 Å². The Balaban J connectivity index is 2.34. The van der Waals surface area contributed by atoms with Gasteiger partial charge in [-0.15, -0.1) is 0 Å². The highest BCUT2D eigenvalue weighted by Crippen LogP contribution is 2.25. The van der Waals surface area contributed by atoms with E-state index < -0.39 is 18.6 Å². The summed E-state index contributed by atoms with van der Waals surface area (Å²) in [5, 5.41) is 0. The summed E-state index contributed by atoms with van der Waals surface area (Å²) in [6, 6.07) is 13.4. The van der Waals surface area contributed by atoms with E-state index in [1.165, 1.54) is 6.07 Å². The van der Waals surface area contributed by atoms with Gasteiger partial charge in [0.1, 0.15) is 18.9 Å². The minimum Gasteiger partial charge on any atom is -0.491 e. The van der Waals surface area contributed by atoms with Crippen molar-refractivity contribution in [1.29, 1.82) is 0 Å². The Morgan fingerprint density at radius 1 is 1.15 bits per heavy atom. The smallest absolute Gasteiger partial charge is 0.406 e. The van der Waals surface area contributed by atoms with Crippen molar-refractivity contribution in [3.8, 4) is 5.75 Å². The van der Waals surface area contributed by atoms with Gasteiger partial charge in [0.2, 0.25) is 0 Å². The highest BCUT2D eigenvalue weighted by atomic mass is 19.4. The van der Waals surface area contributed by atoms with Crippen LogP contribution in [0.1, 0.15) is 21.5 Å². The molecule has 0 bridgehead atoms. The molecule has 2 aromatic rings. The van der Waals surface area contributed by atoms with Gasteiger partial charge in [0.05, 0.1) is 5.56 Å². The van der Waals surface area contributed by atoms with Crippen LogP contribution in [-0.2, 0) is 6.54 Å². The van der Waals surface area contributed by atoms with Crippen LogP contribution in [0.4, 0.5) is 13.2 Å². The molecule has 2 N–H and O–H groups in total. The van der Waals surface area contributed by atoms with Gasteiger partial charge in [0, 0.05) is 13.1 Å². The molecule has 26 heavy (non-hydrogen) atoms. The molecule has 7 heteroatoms. The Hall–Kier alpha value is -2.54. The van der Waals surface area contributed by atoms with Crippen LogP contribution in [-0.4, -0.2) is 36.7 Å². The number of nitrogens with two attached hydrogens (primary N) is 1. The second kappa shape index (κ2) is 8.71. The second-order valence-electron chi connectivity index (χ2n) is 5.90. The van der Waals surface area contributed by atoms with Gasteiger partial charge in [0.25, 0.3) is 5.91 Å². The lowest BCUT2D eigenvalue weighted by molar-refractivity contribution is -0.141. The summed E-state index contributed by atoms with van der Waals surface area (Å²) in [7, 11) is 0. The fraction of sp³-hybridized carbons (Fsp3) is 0.316. The van der Waals surface area contributed by atoms with Crippen molar-refractivity contribution in [2.75, 3.05) is 19.7 Å².